The van der Waals surface area contributed by atoms with Crippen LogP contribution in [0.4, 0.5) is 0 Å². The van der Waals surface area contributed by atoms with E-state index in [0.717, 1.165) is 16.3 Å². The molecule has 3 nitrogen and oxygen atoms in total. The molecule has 0 amide bonds. The smallest absolute Gasteiger partial charge is 0.183 e. The molecule has 0 unspecified atom stereocenters. The Balaban J connectivity index is 2.44. The van der Waals surface area contributed by atoms with Gasteiger partial charge in [0.1, 0.15) is 5.75 Å². The van der Waals surface area contributed by atoms with Gasteiger partial charge < -0.3 is 9.47 Å². The van der Waals surface area contributed by atoms with Crippen molar-refractivity contribution < 1.29 is 9.47 Å². The summed E-state index contributed by atoms with van der Waals surface area (Å²) in [6.45, 7) is 2.36. The highest BCUT2D eigenvalue weighted by molar-refractivity contribution is 6.31. The van der Waals surface area contributed by atoms with Crippen molar-refractivity contribution in [2.75, 3.05) is 13.7 Å². The molecule has 1 N–H and O–H groups in total. The van der Waals surface area contributed by atoms with E-state index in [1.165, 1.54) is 7.11 Å². The zero-order valence-electron chi connectivity index (χ0n) is 8.84. The van der Waals surface area contributed by atoms with Gasteiger partial charge in [0.15, 0.2) is 5.90 Å². The second-order valence-electron chi connectivity index (χ2n) is 3.14. The summed E-state index contributed by atoms with van der Waals surface area (Å²) in [6, 6.07) is 5.48. The molecule has 0 aliphatic rings. The lowest BCUT2D eigenvalue weighted by atomic mass is 10.2. The van der Waals surface area contributed by atoms with Crippen LogP contribution in [-0.4, -0.2) is 19.6 Å². The topological polar surface area (TPSA) is 42.3 Å². The summed E-state index contributed by atoms with van der Waals surface area (Å²) in [5.41, 5.74) is 0.982. The van der Waals surface area contributed by atoms with Crippen LogP contribution in [0.5, 0.6) is 5.75 Å². The van der Waals surface area contributed by atoms with Crippen molar-refractivity contribution in [1.29, 1.82) is 5.41 Å². The fraction of sp³-hybridized carbons (Fsp3) is 0.364. The Bertz CT molecular complexity index is 352. The molecule has 82 valence electrons. The maximum Gasteiger partial charge on any atom is 0.183 e. The van der Waals surface area contributed by atoms with Crippen LogP contribution in [0.25, 0.3) is 0 Å². The third-order valence-electron chi connectivity index (χ3n) is 1.97. The van der Waals surface area contributed by atoms with Crippen LogP contribution in [-0.2, 0) is 4.74 Å². The van der Waals surface area contributed by atoms with E-state index in [1.807, 2.05) is 19.1 Å². The van der Waals surface area contributed by atoms with Crippen molar-refractivity contribution in [2.24, 2.45) is 0 Å². The zero-order chi connectivity index (χ0) is 11.3. The number of rotatable bonds is 4. The predicted octanol–water partition coefficient (Wildman–Crippen LogP) is 3.04. The first-order valence-electron chi connectivity index (χ1n) is 4.64. The summed E-state index contributed by atoms with van der Waals surface area (Å²) in [6.07, 6.45) is 0.470. The molecule has 4 heteroatoms. The molecule has 0 bridgehead atoms. The number of nitrogens with one attached hydrogen (secondary N) is 1. The van der Waals surface area contributed by atoms with Gasteiger partial charge in [-0.15, -0.1) is 0 Å². The van der Waals surface area contributed by atoms with Crippen molar-refractivity contribution in [1.82, 2.24) is 0 Å². The van der Waals surface area contributed by atoms with Crippen LogP contribution >= 0.6 is 11.6 Å². The molecule has 0 aromatic heterocycles. The summed E-state index contributed by atoms with van der Waals surface area (Å²) in [7, 11) is 1.48. The summed E-state index contributed by atoms with van der Waals surface area (Å²) in [5, 5.41) is 7.98. The molecule has 0 aliphatic carbocycles. The Morgan fingerprint density at radius 2 is 2.20 bits per heavy atom. The molecule has 0 aliphatic heterocycles. The molecule has 0 saturated heterocycles. The first-order chi connectivity index (χ1) is 7.13. The summed E-state index contributed by atoms with van der Waals surface area (Å²) in [5.74, 6) is 0.987. The molecular weight excluding hydrogens is 214 g/mol. The fourth-order valence-electron chi connectivity index (χ4n) is 1.07. The lowest BCUT2D eigenvalue weighted by Gasteiger charge is -2.07. The molecule has 0 fully saturated rings. The summed E-state index contributed by atoms with van der Waals surface area (Å²) >= 11 is 5.88. The Kier molecular flexibility index (Phi) is 4.43. The number of benzene rings is 1. The van der Waals surface area contributed by atoms with E-state index in [0.29, 0.717) is 13.0 Å². The van der Waals surface area contributed by atoms with Crippen LogP contribution in [0.2, 0.25) is 5.02 Å². The van der Waals surface area contributed by atoms with Gasteiger partial charge in [-0.25, -0.2) is 0 Å². The average Bonchev–Trinajstić information content (AvgIpc) is 2.23. The summed E-state index contributed by atoms with van der Waals surface area (Å²) in [4.78, 5) is 0. The summed E-state index contributed by atoms with van der Waals surface area (Å²) < 4.78 is 10.1. The molecular formula is C11H14ClNO2. The first kappa shape index (κ1) is 11.9. The van der Waals surface area contributed by atoms with Crippen molar-refractivity contribution >= 4 is 17.5 Å². The Morgan fingerprint density at radius 3 is 2.80 bits per heavy atom. The minimum absolute atomic E-state index is 0.223. The van der Waals surface area contributed by atoms with Gasteiger partial charge in [-0.3, -0.25) is 5.41 Å². The molecule has 0 heterocycles. The van der Waals surface area contributed by atoms with Gasteiger partial charge in [-0.05, 0) is 30.7 Å². The number of methoxy groups -OCH3 is 1. The minimum atomic E-state index is 0.223. The van der Waals surface area contributed by atoms with Gasteiger partial charge in [0.25, 0.3) is 0 Å². The molecule has 1 rings (SSSR count). The van der Waals surface area contributed by atoms with Gasteiger partial charge in [0, 0.05) is 5.02 Å². The standard InChI is InChI=1S/C11H14ClNO2/c1-8-7-9(3-4-10(8)12)15-6-5-11(13)14-2/h3-4,7,13H,5-6H2,1-2H3. The first-order valence-corrected chi connectivity index (χ1v) is 5.01. The van der Waals surface area contributed by atoms with E-state index >= 15 is 0 Å². The van der Waals surface area contributed by atoms with Gasteiger partial charge in [0.05, 0.1) is 20.1 Å². The Morgan fingerprint density at radius 1 is 1.47 bits per heavy atom. The van der Waals surface area contributed by atoms with Crippen molar-refractivity contribution in [2.45, 2.75) is 13.3 Å². The van der Waals surface area contributed by atoms with Crippen molar-refractivity contribution in [3.63, 3.8) is 0 Å². The lowest BCUT2D eigenvalue weighted by Crippen LogP contribution is -2.06. The van der Waals surface area contributed by atoms with Crippen LogP contribution < -0.4 is 4.74 Å². The highest BCUT2D eigenvalue weighted by atomic mass is 35.5. The highest BCUT2D eigenvalue weighted by Gasteiger charge is 2.00. The second-order valence-corrected chi connectivity index (χ2v) is 3.54. The van der Waals surface area contributed by atoms with E-state index in [1.54, 1.807) is 6.07 Å². The molecule has 0 saturated carbocycles. The Hall–Kier alpha value is -1.22. The minimum Gasteiger partial charge on any atom is -0.493 e. The quantitative estimate of drug-likeness (QED) is 0.635. The van der Waals surface area contributed by atoms with E-state index in [4.69, 9.17) is 26.5 Å². The zero-order valence-corrected chi connectivity index (χ0v) is 9.60. The molecule has 0 atom stereocenters. The van der Waals surface area contributed by atoms with Gasteiger partial charge in [-0.1, -0.05) is 11.6 Å². The molecule has 0 radical (unpaired) electrons. The van der Waals surface area contributed by atoms with E-state index in [9.17, 15) is 0 Å². The van der Waals surface area contributed by atoms with Crippen LogP contribution in [0.1, 0.15) is 12.0 Å². The third kappa shape index (κ3) is 3.80. The van der Waals surface area contributed by atoms with Crippen molar-refractivity contribution in [3.05, 3.63) is 28.8 Å². The number of ether oxygens (including phenoxy) is 2. The monoisotopic (exact) mass is 227 g/mol. The maximum atomic E-state index is 7.26. The maximum absolute atomic E-state index is 7.26. The van der Waals surface area contributed by atoms with Gasteiger partial charge in [-0.2, -0.15) is 0 Å². The molecule has 15 heavy (non-hydrogen) atoms. The van der Waals surface area contributed by atoms with Crippen LogP contribution in [0, 0.1) is 12.3 Å². The molecule has 0 spiro atoms. The number of hydrogen-bond acceptors (Lipinski definition) is 3. The molecule has 1 aromatic carbocycles. The highest BCUT2D eigenvalue weighted by Crippen LogP contribution is 2.20. The van der Waals surface area contributed by atoms with Gasteiger partial charge in [0.2, 0.25) is 0 Å². The Labute approximate surface area is 94.5 Å². The van der Waals surface area contributed by atoms with Crippen LogP contribution in [0.3, 0.4) is 0 Å². The predicted molar refractivity (Wildman–Crippen MR) is 61.0 cm³/mol. The fourth-order valence-corrected chi connectivity index (χ4v) is 1.19. The number of halogens is 1. The molecule has 1 aromatic rings. The van der Waals surface area contributed by atoms with E-state index < -0.39 is 0 Å². The normalized spacial score (nSPS) is 9.80. The SMILES string of the molecule is COC(=N)CCOc1ccc(Cl)c(C)c1. The average molecular weight is 228 g/mol. The largest absolute Gasteiger partial charge is 0.493 e. The van der Waals surface area contributed by atoms with E-state index in [-0.39, 0.29) is 5.90 Å². The van der Waals surface area contributed by atoms with E-state index in [2.05, 4.69) is 0 Å². The number of aryl methyl sites for hydroxylation is 1. The second kappa shape index (κ2) is 5.61. The number of hydrogen-bond donors (Lipinski definition) is 1. The third-order valence-corrected chi connectivity index (χ3v) is 2.40. The van der Waals surface area contributed by atoms with Crippen molar-refractivity contribution in [3.8, 4) is 5.75 Å². The lowest BCUT2D eigenvalue weighted by molar-refractivity contribution is 0.307. The van der Waals surface area contributed by atoms with Gasteiger partial charge >= 0.3 is 0 Å². The van der Waals surface area contributed by atoms with Crippen LogP contribution in [0.15, 0.2) is 18.2 Å².